The Bertz CT molecular complexity index is 447. The number of carbonyl (C=O) groups is 1. The van der Waals surface area contributed by atoms with Gasteiger partial charge >= 0.3 is 6.18 Å². The summed E-state index contributed by atoms with van der Waals surface area (Å²) in [7, 11) is 0. The first-order valence-corrected chi connectivity index (χ1v) is 6.28. The van der Waals surface area contributed by atoms with Crippen molar-refractivity contribution in [3.05, 3.63) is 34.3 Å². The quantitative estimate of drug-likeness (QED) is 0.866. The molecule has 0 aliphatic heterocycles. The van der Waals surface area contributed by atoms with Crippen molar-refractivity contribution in [3.8, 4) is 0 Å². The lowest BCUT2D eigenvalue weighted by Crippen LogP contribution is -2.56. The number of rotatable bonds is 5. The molecule has 1 amide bonds. The lowest BCUT2D eigenvalue weighted by Gasteiger charge is -2.28. The zero-order valence-electron chi connectivity index (χ0n) is 10.2. The first-order chi connectivity index (χ1) is 8.62. The van der Waals surface area contributed by atoms with Gasteiger partial charge in [-0.3, -0.25) is 10.1 Å². The molecule has 0 spiro atoms. The summed E-state index contributed by atoms with van der Waals surface area (Å²) in [6.07, 6.45) is -4.30. The van der Waals surface area contributed by atoms with Crippen LogP contribution in [0.2, 0.25) is 0 Å². The van der Waals surface area contributed by atoms with Crippen LogP contribution < -0.4 is 11.1 Å². The third kappa shape index (κ3) is 5.20. The maximum Gasteiger partial charge on any atom is 0.401 e. The summed E-state index contributed by atoms with van der Waals surface area (Å²) in [5.74, 6) is -0.820. The minimum atomic E-state index is -4.39. The molecule has 0 saturated heterocycles. The normalized spacial score (nSPS) is 15.0. The molecule has 3 N–H and O–H groups in total. The summed E-state index contributed by atoms with van der Waals surface area (Å²) >= 11 is 3.25. The topological polar surface area (TPSA) is 55.1 Å². The van der Waals surface area contributed by atoms with E-state index in [4.69, 9.17) is 5.73 Å². The molecule has 0 radical (unpaired) electrons. The fraction of sp³-hybridized carbons (Fsp3) is 0.417. The Morgan fingerprint density at radius 1 is 1.32 bits per heavy atom. The van der Waals surface area contributed by atoms with Crippen LogP contribution >= 0.6 is 15.9 Å². The molecule has 0 saturated carbocycles. The number of alkyl halides is 3. The van der Waals surface area contributed by atoms with Crippen LogP contribution in [0.5, 0.6) is 0 Å². The summed E-state index contributed by atoms with van der Waals surface area (Å²) in [5, 5.41) is 2.19. The number of primary amides is 1. The monoisotopic (exact) mass is 338 g/mol. The van der Waals surface area contributed by atoms with Gasteiger partial charge in [0.25, 0.3) is 0 Å². The summed E-state index contributed by atoms with van der Waals surface area (Å²) in [6, 6.07) is 6.95. The van der Waals surface area contributed by atoms with Crippen molar-refractivity contribution in [2.75, 3.05) is 6.54 Å². The molecule has 0 fully saturated rings. The van der Waals surface area contributed by atoms with Gasteiger partial charge in [0.05, 0.1) is 12.1 Å². The Labute approximate surface area is 117 Å². The van der Waals surface area contributed by atoms with Gasteiger partial charge in [0, 0.05) is 4.47 Å². The standard InChI is InChI=1S/C12H14BrF3N2O/c1-11(10(17)19,18-7-12(14,15)16)6-8-2-4-9(13)5-3-8/h2-5,18H,6-7H2,1H3,(H2,17,19). The van der Waals surface area contributed by atoms with E-state index in [1.807, 2.05) is 0 Å². The molecule has 106 valence electrons. The molecule has 1 atom stereocenters. The average Bonchev–Trinajstić information content (AvgIpc) is 2.29. The highest BCUT2D eigenvalue weighted by atomic mass is 79.9. The molecule has 3 nitrogen and oxygen atoms in total. The van der Waals surface area contributed by atoms with E-state index in [2.05, 4.69) is 21.2 Å². The van der Waals surface area contributed by atoms with Gasteiger partial charge in [-0.1, -0.05) is 28.1 Å². The Balaban J connectivity index is 2.82. The number of halogens is 4. The summed E-state index contributed by atoms with van der Waals surface area (Å²) in [5.41, 5.74) is 4.48. The number of nitrogens with one attached hydrogen (secondary N) is 1. The number of hydrogen-bond acceptors (Lipinski definition) is 2. The lowest BCUT2D eigenvalue weighted by molar-refractivity contribution is -0.135. The van der Waals surface area contributed by atoms with Crippen molar-refractivity contribution in [1.82, 2.24) is 5.32 Å². The highest BCUT2D eigenvalue weighted by molar-refractivity contribution is 9.10. The van der Waals surface area contributed by atoms with E-state index in [9.17, 15) is 18.0 Å². The van der Waals surface area contributed by atoms with E-state index in [0.29, 0.717) is 0 Å². The zero-order valence-corrected chi connectivity index (χ0v) is 11.8. The van der Waals surface area contributed by atoms with E-state index in [1.165, 1.54) is 6.92 Å². The van der Waals surface area contributed by atoms with E-state index in [1.54, 1.807) is 24.3 Å². The molecule has 19 heavy (non-hydrogen) atoms. The first kappa shape index (κ1) is 16.0. The Morgan fingerprint density at radius 3 is 2.26 bits per heavy atom. The Morgan fingerprint density at radius 2 is 1.84 bits per heavy atom. The SMILES string of the molecule is CC(Cc1ccc(Br)cc1)(NCC(F)(F)F)C(N)=O. The minimum absolute atomic E-state index is 0.0890. The molecule has 1 unspecified atom stereocenters. The number of nitrogens with two attached hydrogens (primary N) is 1. The molecule has 0 heterocycles. The summed E-state index contributed by atoms with van der Waals surface area (Å²) in [4.78, 5) is 11.4. The molecule has 1 aromatic rings. The second kappa shape index (κ2) is 5.92. The maximum absolute atomic E-state index is 12.2. The van der Waals surface area contributed by atoms with E-state index in [-0.39, 0.29) is 6.42 Å². The molecule has 1 rings (SSSR count). The van der Waals surface area contributed by atoms with Crippen molar-refractivity contribution >= 4 is 21.8 Å². The van der Waals surface area contributed by atoms with Gasteiger partial charge < -0.3 is 5.73 Å². The predicted octanol–water partition coefficient (Wildman–Crippen LogP) is 2.39. The van der Waals surface area contributed by atoms with Gasteiger partial charge in [-0.2, -0.15) is 13.2 Å². The molecule has 0 aliphatic carbocycles. The van der Waals surface area contributed by atoms with Crippen LogP contribution in [-0.2, 0) is 11.2 Å². The number of carbonyl (C=O) groups excluding carboxylic acids is 1. The van der Waals surface area contributed by atoms with Crippen molar-refractivity contribution in [2.45, 2.75) is 25.1 Å². The van der Waals surface area contributed by atoms with Crippen molar-refractivity contribution in [2.24, 2.45) is 5.73 Å². The highest BCUT2D eigenvalue weighted by Crippen LogP contribution is 2.19. The van der Waals surface area contributed by atoms with E-state index >= 15 is 0 Å². The van der Waals surface area contributed by atoms with Gasteiger partial charge in [0.1, 0.15) is 0 Å². The number of hydrogen-bond donors (Lipinski definition) is 2. The Hall–Kier alpha value is -1.08. The van der Waals surface area contributed by atoms with Crippen LogP contribution in [0.3, 0.4) is 0 Å². The smallest absolute Gasteiger partial charge is 0.368 e. The van der Waals surface area contributed by atoms with Crippen LogP contribution in [0.1, 0.15) is 12.5 Å². The van der Waals surface area contributed by atoms with Crippen molar-refractivity contribution in [3.63, 3.8) is 0 Å². The second-order valence-corrected chi connectivity index (χ2v) is 5.38. The summed E-state index contributed by atoms with van der Waals surface area (Å²) in [6.45, 7) is 0.103. The van der Waals surface area contributed by atoms with Crippen molar-refractivity contribution in [1.29, 1.82) is 0 Å². The lowest BCUT2D eigenvalue weighted by atomic mass is 9.92. The fourth-order valence-corrected chi connectivity index (χ4v) is 1.81. The summed E-state index contributed by atoms with van der Waals surface area (Å²) < 4.78 is 37.5. The van der Waals surface area contributed by atoms with Crippen LogP contribution in [0, 0.1) is 0 Å². The van der Waals surface area contributed by atoms with Gasteiger partial charge in [-0.05, 0) is 31.0 Å². The van der Waals surface area contributed by atoms with Gasteiger partial charge in [0.2, 0.25) is 5.91 Å². The molecule has 1 aromatic carbocycles. The van der Waals surface area contributed by atoms with Gasteiger partial charge in [0.15, 0.2) is 0 Å². The predicted molar refractivity (Wildman–Crippen MR) is 69.5 cm³/mol. The maximum atomic E-state index is 12.2. The van der Waals surface area contributed by atoms with E-state index < -0.39 is 24.2 Å². The second-order valence-electron chi connectivity index (χ2n) is 4.47. The van der Waals surface area contributed by atoms with Crippen LogP contribution in [0.4, 0.5) is 13.2 Å². The van der Waals surface area contributed by atoms with Crippen LogP contribution in [0.15, 0.2) is 28.7 Å². The number of amides is 1. The largest absolute Gasteiger partial charge is 0.401 e. The molecule has 0 aromatic heterocycles. The third-order valence-electron chi connectivity index (χ3n) is 2.69. The third-order valence-corrected chi connectivity index (χ3v) is 3.22. The first-order valence-electron chi connectivity index (χ1n) is 5.48. The minimum Gasteiger partial charge on any atom is -0.368 e. The van der Waals surface area contributed by atoms with Gasteiger partial charge in [-0.15, -0.1) is 0 Å². The van der Waals surface area contributed by atoms with Crippen LogP contribution in [0.25, 0.3) is 0 Å². The Kier molecular flexibility index (Phi) is 4.98. The van der Waals surface area contributed by atoms with Gasteiger partial charge in [-0.25, -0.2) is 0 Å². The molecule has 7 heteroatoms. The van der Waals surface area contributed by atoms with E-state index in [0.717, 1.165) is 10.0 Å². The van der Waals surface area contributed by atoms with Crippen molar-refractivity contribution < 1.29 is 18.0 Å². The molecular weight excluding hydrogens is 325 g/mol. The highest BCUT2D eigenvalue weighted by Gasteiger charge is 2.36. The zero-order chi connectivity index (χ0) is 14.7. The fourth-order valence-electron chi connectivity index (χ4n) is 1.54. The number of benzene rings is 1. The van der Waals surface area contributed by atoms with Crippen LogP contribution in [-0.4, -0.2) is 24.2 Å². The average molecular weight is 339 g/mol. The molecule has 0 aliphatic rings. The molecule has 0 bridgehead atoms. The molecular formula is C12H14BrF3N2O.